The van der Waals surface area contributed by atoms with E-state index in [1.807, 2.05) is 0 Å². The van der Waals surface area contributed by atoms with E-state index in [4.69, 9.17) is 33.8 Å². The van der Waals surface area contributed by atoms with Crippen LogP contribution in [0.1, 0.15) is 39.5 Å². The number of urea groups is 3. The number of hydrogen-bond acceptors (Lipinski definition) is 7. The summed E-state index contributed by atoms with van der Waals surface area (Å²) in [6.45, 7) is 5.29. The first-order chi connectivity index (χ1) is 17.9. The molecule has 0 saturated heterocycles. The van der Waals surface area contributed by atoms with Gasteiger partial charge in [0.25, 0.3) is 0 Å². The van der Waals surface area contributed by atoms with Gasteiger partial charge in [-0.25, -0.2) is 14.4 Å². The maximum atomic E-state index is 12.6. The monoisotopic (exact) mass is 544 g/mol. The number of carbonyl (C=O) groups is 3. The molecule has 17 nitrogen and oxygen atoms in total. The molecule has 220 valence electrons. The molecule has 0 spiro atoms. The van der Waals surface area contributed by atoms with Gasteiger partial charge >= 0.3 is 18.1 Å². The van der Waals surface area contributed by atoms with E-state index in [1.165, 1.54) is 0 Å². The average molecular weight is 545 g/mol. The van der Waals surface area contributed by atoms with Crippen LogP contribution in [0.5, 0.6) is 0 Å². The smallest absolute Gasteiger partial charge is 0.315 e. The molecule has 0 aromatic carbocycles. The zero-order valence-electron chi connectivity index (χ0n) is 22.4. The van der Waals surface area contributed by atoms with Gasteiger partial charge in [-0.15, -0.1) is 0 Å². The van der Waals surface area contributed by atoms with E-state index >= 15 is 0 Å². The lowest BCUT2D eigenvalue weighted by Crippen LogP contribution is -2.53. The molecule has 0 fully saturated rings. The minimum absolute atomic E-state index is 0.137. The van der Waals surface area contributed by atoms with E-state index in [1.54, 1.807) is 13.8 Å². The van der Waals surface area contributed by atoms with Crippen molar-refractivity contribution in [1.29, 1.82) is 10.8 Å². The average Bonchev–Trinajstić information content (AvgIpc) is 2.84. The van der Waals surface area contributed by atoms with Gasteiger partial charge in [-0.2, -0.15) is 0 Å². The van der Waals surface area contributed by atoms with Gasteiger partial charge in [0, 0.05) is 63.4 Å². The molecule has 17 heteroatoms. The van der Waals surface area contributed by atoms with E-state index in [9.17, 15) is 14.4 Å². The molecule has 0 radical (unpaired) electrons. The van der Waals surface area contributed by atoms with Crippen molar-refractivity contribution in [3.05, 3.63) is 0 Å². The van der Waals surface area contributed by atoms with Crippen molar-refractivity contribution in [1.82, 2.24) is 42.5 Å². The van der Waals surface area contributed by atoms with Crippen molar-refractivity contribution in [3.8, 4) is 0 Å². The van der Waals surface area contributed by atoms with Crippen LogP contribution >= 0.6 is 0 Å². The molecule has 0 saturated carbocycles. The van der Waals surface area contributed by atoms with Gasteiger partial charge in [0.2, 0.25) is 0 Å². The van der Waals surface area contributed by atoms with Gasteiger partial charge < -0.3 is 65.5 Å². The number of guanidine groups is 2. The second kappa shape index (κ2) is 20.3. The fourth-order valence-corrected chi connectivity index (χ4v) is 3.09. The van der Waals surface area contributed by atoms with Crippen molar-refractivity contribution < 1.29 is 14.4 Å². The highest BCUT2D eigenvalue weighted by Crippen LogP contribution is 1.99. The second-order valence-electron chi connectivity index (χ2n) is 9.04. The fraction of sp³-hybridized carbons (Fsp3) is 0.762. The highest BCUT2D eigenvalue weighted by Gasteiger charge is 2.17. The molecule has 0 aliphatic heterocycles. The molecule has 0 aromatic rings. The Morgan fingerprint density at radius 3 is 1.45 bits per heavy atom. The van der Waals surface area contributed by atoms with Crippen molar-refractivity contribution in [3.63, 3.8) is 0 Å². The Labute approximate surface area is 224 Å². The molecule has 0 aliphatic rings. The van der Waals surface area contributed by atoms with Crippen LogP contribution in [-0.2, 0) is 0 Å². The molecule has 18 N–H and O–H groups in total. The van der Waals surface area contributed by atoms with Gasteiger partial charge in [-0.05, 0) is 39.5 Å². The second-order valence-corrected chi connectivity index (χ2v) is 9.04. The summed E-state index contributed by atoms with van der Waals surface area (Å²) in [6, 6.07) is -2.52. The Morgan fingerprint density at radius 2 is 1.08 bits per heavy atom. The summed E-state index contributed by atoms with van der Waals surface area (Å²) in [7, 11) is 0. The molecular weight excluding hydrogens is 496 g/mol. The van der Waals surface area contributed by atoms with Gasteiger partial charge in [0.15, 0.2) is 11.9 Å². The van der Waals surface area contributed by atoms with E-state index in [0.29, 0.717) is 45.3 Å². The minimum atomic E-state index is -0.475. The molecule has 4 atom stereocenters. The normalized spacial score (nSPS) is 13.6. The lowest BCUT2D eigenvalue weighted by Gasteiger charge is -2.23. The zero-order valence-corrected chi connectivity index (χ0v) is 22.4. The summed E-state index contributed by atoms with van der Waals surface area (Å²) in [5.74, 6) is -0.298. The highest BCUT2D eigenvalue weighted by atomic mass is 16.2. The summed E-state index contributed by atoms with van der Waals surface area (Å²) in [4.78, 5) is 36.9. The minimum Gasteiger partial charge on any atom is -0.370 e. The van der Waals surface area contributed by atoms with Crippen LogP contribution in [0.25, 0.3) is 0 Å². The first-order valence-electron chi connectivity index (χ1n) is 12.7. The van der Waals surface area contributed by atoms with E-state index in [2.05, 4.69) is 42.5 Å². The fourth-order valence-electron chi connectivity index (χ4n) is 3.09. The standard InChI is InChI=1S/C21H48N14O3/c1-13(23)10-30-20(37)34-16(6-4-8-29-18(26)27)12-32-21(38)35-15(5-3-7-28-17(24)25)11-31-19(36)33-14(2)9-22/h13-16H,3-12,22-23H2,1-2H3,(H4,24,25,28)(H4,26,27,29)(H2,30,34,37)(H2,31,33,36)(H2,32,35,38)/t13-,14?,15-,16?/m0/s1. The Kier molecular flexibility index (Phi) is 18.3. The molecule has 38 heavy (non-hydrogen) atoms. The molecule has 0 rings (SSSR count). The lowest BCUT2D eigenvalue weighted by atomic mass is 10.1. The summed E-state index contributed by atoms with van der Waals surface area (Å²) in [5.41, 5.74) is 21.8. The zero-order chi connectivity index (χ0) is 28.9. The third-order valence-electron chi connectivity index (χ3n) is 5.09. The van der Waals surface area contributed by atoms with E-state index in [-0.39, 0.29) is 43.6 Å². The molecule has 0 aliphatic carbocycles. The van der Waals surface area contributed by atoms with Gasteiger partial charge in [0.1, 0.15) is 0 Å². The summed E-state index contributed by atoms with van der Waals surface area (Å²) >= 11 is 0. The summed E-state index contributed by atoms with van der Waals surface area (Å²) < 4.78 is 0. The maximum absolute atomic E-state index is 12.6. The molecule has 0 bridgehead atoms. The molecule has 0 heterocycles. The number of amides is 6. The van der Waals surface area contributed by atoms with E-state index in [0.717, 1.165) is 0 Å². The predicted molar refractivity (Wildman–Crippen MR) is 148 cm³/mol. The van der Waals surface area contributed by atoms with Crippen molar-refractivity contribution in [2.45, 2.75) is 63.7 Å². The number of nitrogens with one attached hydrogen (secondary N) is 10. The molecular formula is C21H48N14O3. The molecule has 6 amide bonds. The maximum Gasteiger partial charge on any atom is 0.315 e. The lowest BCUT2D eigenvalue weighted by molar-refractivity contribution is 0.226. The highest BCUT2D eigenvalue weighted by molar-refractivity contribution is 5.76. The van der Waals surface area contributed by atoms with Crippen LogP contribution in [-0.4, -0.2) is 93.4 Å². The van der Waals surface area contributed by atoms with Gasteiger partial charge in [-0.1, -0.05) is 0 Å². The number of carbonyl (C=O) groups excluding carboxylic acids is 3. The number of nitrogens with two attached hydrogens (primary N) is 4. The number of rotatable bonds is 18. The van der Waals surface area contributed by atoms with Crippen LogP contribution in [0.4, 0.5) is 14.4 Å². The van der Waals surface area contributed by atoms with Crippen LogP contribution in [0, 0.1) is 10.8 Å². The van der Waals surface area contributed by atoms with Gasteiger partial charge in [-0.3, -0.25) is 10.8 Å². The predicted octanol–water partition coefficient (Wildman–Crippen LogP) is -3.16. The Balaban J connectivity index is 4.93. The van der Waals surface area contributed by atoms with Gasteiger partial charge in [0.05, 0.1) is 0 Å². The first-order valence-corrected chi connectivity index (χ1v) is 12.7. The van der Waals surface area contributed by atoms with Crippen LogP contribution in [0.3, 0.4) is 0 Å². The van der Waals surface area contributed by atoms with Crippen molar-refractivity contribution in [2.24, 2.45) is 22.9 Å². The molecule has 0 aromatic heterocycles. The van der Waals surface area contributed by atoms with Crippen LogP contribution < -0.4 is 65.5 Å². The topological polar surface area (TPSA) is 299 Å². The van der Waals surface area contributed by atoms with Crippen LogP contribution in [0.15, 0.2) is 0 Å². The SMILES string of the molecule is CC(CN)NC(=O)NC[C@H](CCCNC(=N)N)NC(=O)NCC(CCCNC(=N)N)NC(=O)NC[C@H](C)N. The Morgan fingerprint density at radius 1 is 0.684 bits per heavy atom. The first kappa shape index (κ1) is 34.3. The summed E-state index contributed by atoms with van der Waals surface area (Å²) in [6.07, 6.45) is 2.18. The largest absolute Gasteiger partial charge is 0.370 e. The number of hydrogen-bond donors (Lipinski definition) is 14. The third-order valence-corrected chi connectivity index (χ3v) is 5.09. The van der Waals surface area contributed by atoms with Crippen molar-refractivity contribution >= 4 is 30.0 Å². The van der Waals surface area contributed by atoms with Crippen LogP contribution in [0.2, 0.25) is 0 Å². The van der Waals surface area contributed by atoms with E-state index < -0.39 is 30.2 Å². The summed E-state index contributed by atoms with van der Waals surface area (Å²) in [5, 5.41) is 36.3. The Hall–Kier alpha value is -3.73. The Bertz CT molecular complexity index is 736. The van der Waals surface area contributed by atoms with Crippen molar-refractivity contribution in [2.75, 3.05) is 39.3 Å². The molecule has 2 unspecified atom stereocenters. The quantitative estimate of drug-likeness (QED) is 0.0469. The third kappa shape index (κ3) is 20.5.